The zero-order chi connectivity index (χ0) is 12.0. The van der Waals surface area contributed by atoms with E-state index in [0.717, 1.165) is 21.3 Å². The molecule has 1 aromatic carbocycles. The molecular weight excluding hydrogens is 300 g/mol. The van der Waals surface area contributed by atoms with Crippen LogP contribution in [0, 0.1) is 4.77 Å². The molecule has 2 aromatic heterocycles. The van der Waals surface area contributed by atoms with Crippen molar-refractivity contribution >= 4 is 39.2 Å². The van der Waals surface area contributed by atoms with Gasteiger partial charge in [-0.25, -0.2) is 0 Å². The van der Waals surface area contributed by atoms with E-state index in [1.807, 2.05) is 42.1 Å². The standard InChI is InChI=1S/C11H9BrN4S/c1-15-5-4-10(14-15)16-9-6-7(12)2-3-8(9)13-11(16)17/h2-6H,1H3,(H,13,17). The first-order chi connectivity index (χ1) is 8.15. The number of benzene rings is 1. The minimum atomic E-state index is 0.650. The molecule has 0 aliphatic carbocycles. The van der Waals surface area contributed by atoms with E-state index in [0.29, 0.717) is 4.77 Å². The summed E-state index contributed by atoms with van der Waals surface area (Å²) in [6, 6.07) is 7.94. The summed E-state index contributed by atoms with van der Waals surface area (Å²) in [5.74, 6) is 0.821. The summed E-state index contributed by atoms with van der Waals surface area (Å²) >= 11 is 8.80. The third kappa shape index (κ3) is 1.73. The number of halogens is 1. The van der Waals surface area contributed by atoms with Gasteiger partial charge in [-0.05, 0) is 30.4 Å². The van der Waals surface area contributed by atoms with Crippen molar-refractivity contribution in [1.82, 2.24) is 19.3 Å². The number of aromatic amines is 1. The van der Waals surface area contributed by atoms with Crippen molar-refractivity contribution in [3.63, 3.8) is 0 Å². The Morgan fingerprint density at radius 3 is 2.88 bits per heavy atom. The monoisotopic (exact) mass is 308 g/mol. The SMILES string of the molecule is Cn1ccc(-n2c(=S)[nH]c3ccc(Br)cc32)n1. The van der Waals surface area contributed by atoms with Crippen LogP contribution in [0.15, 0.2) is 34.9 Å². The summed E-state index contributed by atoms with van der Waals surface area (Å²) < 4.78 is 5.35. The molecule has 0 bridgehead atoms. The molecule has 0 aliphatic heterocycles. The topological polar surface area (TPSA) is 38.5 Å². The predicted octanol–water partition coefficient (Wildman–Crippen LogP) is 3.18. The number of rotatable bonds is 1. The van der Waals surface area contributed by atoms with Gasteiger partial charge in [-0.3, -0.25) is 9.25 Å². The van der Waals surface area contributed by atoms with Crippen LogP contribution < -0.4 is 0 Å². The van der Waals surface area contributed by atoms with Crippen LogP contribution in [0.5, 0.6) is 0 Å². The fraction of sp³-hybridized carbons (Fsp3) is 0.0909. The van der Waals surface area contributed by atoms with Crippen LogP contribution in [0.4, 0.5) is 0 Å². The van der Waals surface area contributed by atoms with Gasteiger partial charge < -0.3 is 4.98 Å². The minimum Gasteiger partial charge on any atom is -0.330 e. The predicted molar refractivity (Wildman–Crippen MR) is 72.9 cm³/mol. The average molecular weight is 309 g/mol. The van der Waals surface area contributed by atoms with E-state index in [4.69, 9.17) is 12.2 Å². The van der Waals surface area contributed by atoms with Gasteiger partial charge in [0.25, 0.3) is 0 Å². The molecule has 0 spiro atoms. The van der Waals surface area contributed by atoms with Crippen molar-refractivity contribution in [2.45, 2.75) is 0 Å². The van der Waals surface area contributed by atoms with E-state index in [-0.39, 0.29) is 0 Å². The number of nitrogens with zero attached hydrogens (tertiary/aromatic N) is 3. The molecule has 0 amide bonds. The van der Waals surface area contributed by atoms with E-state index in [2.05, 4.69) is 26.0 Å². The molecule has 3 rings (SSSR count). The van der Waals surface area contributed by atoms with E-state index in [1.54, 1.807) is 4.68 Å². The third-order valence-corrected chi connectivity index (χ3v) is 3.35. The summed E-state index contributed by atoms with van der Waals surface area (Å²) in [7, 11) is 1.89. The number of H-pyrrole nitrogens is 1. The first kappa shape index (κ1) is 10.7. The van der Waals surface area contributed by atoms with Crippen LogP contribution in [0.25, 0.3) is 16.9 Å². The first-order valence-electron chi connectivity index (χ1n) is 5.05. The fourth-order valence-electron chi connectivity index (χ4n) is 1.83. The maximum absolute atomic E-state index is 5.33. The van der Waals surface area contributed by atoms with Crippen LogP contribution in [0.2, 0.25) is 0 Å². The molecule has 0 unspecified atom stereocenters. The number of hydrogen-bond donors (Lipinski definition) is 1. The lowest BCUT2D eigenvalue weighted by Gasteiger charge is -1.99. The molecule has 0 saturated carbocycles. The van der Waals surface area contributed by atoms with Gasteiger partial charge in [0.2, 0.25) is 0 Å². The highest BCUT2D eigenvalue weighted by Gasteiger charge is 2.08. The van der Waals surface area contributed by atoms with Crippen LogP contribution in [-0.2, 0) is 7.05 Å². The summed E-state index contributed by atoms with van der Waals surface area (Å²) in [5, 5.41) is 4.37. The van der Waals surface area contributed by atoms with Crippen LogP contribution >= 0.6 is 28.1 Å². The summed E-state index contributed by atoms with van der Waals surface area (Å²) in [6.07, 6.45) is 1.90. The number of fused-ring (bicyclic) bond motifs is 1. The number of nitrogens with one attached hydrogen (secondary N) is 1. The average Bonchev–Trinajstić information content (AvgIpc) is 2.81. The largest absolute Gasteiger partial charge is 0.330 e. The van der Waals surface area contributed by atoms with Crippen molar-refractivity contribution in [2.75, 3.05) is 0 Å². The zero-order valence-electron chi connectivity index (χ0n) is 9.01. The lowest BCUT2D eigenvalue weighted by Crippen LogP contribution is -1.97. The second-order valence-electron chi connectivity index (χ2n) is 3.77. The fourth-order valence-corrected chi connectivity index (χ4v) is 2.48. The summed E-state index contributed by atoms with van der Waals surface area (Å²) in [5.41, 5.74) is 2.02. The Morgan fingerprint density at radius 2 is 2.18 bits per heavy atom. The molecule has 2 heterocycles. The van der Waals surface area contributed by atoms with E-state index >= 15 is 0 Å². The van der Waals surface area contributed by atoms with Crippen molar-refractivity contribution < 1.29 is 0 Å². The molecule has 0 radical (unpaired) electrons. The highest BCUT2D eigenvalue weighted by molar-refractivity contribution is 9.10. The maximum atomic E-state index is 5.33. The molecule has 4 nitrogen and oxygen atoms in total. The maximum Gasteiger partial charge on any atom is 0.184 e. The van der Waals surface area contributed by atoms with E-state index in [1.165, 1.54) is 0 Å². The number of hydrogen-bond acceptors (Lipinski definition) is 2. The third-order valence-electron chi connectivity index (χ3n) is 2.57. The van der Waals surface area contributed by atoms with Gasteiger partial charge in [0.15, 0.2) is 10.6 Å². The van der Waals surface area contributed by atoms with E-state index in [9.17, 15) is 0 Å². The molecule has 1 N–H and O–H groups in total. The van der Waals surface area contributed by atoms with Crippen LogP contribution in [0.3, 0.4) is 0 Å². The Balaban J connectivity index is 2.39. The minimum absolute atomic E-state index is 0.650. The van der Waals surface area contributed by atoms with Gasteiger partial charge in [0.05, 0.1) is 11.0 Å². The Kier molecular flexibility index (Phi) is 2.41. The second-order valence-corrected chi connectivity index (χ2v) is 5.08. The van der Waals surface area contributed by atoms with Gasteiger partial charge in [0, 0.05) is 23.8 Å². The van der Waals surface area contributed by atoms with Crippen molar-refractivity contribution in [3.05, 3.63) is 39.7 Å². The molecule has 6 heteroatoms. The van der Waals surface area contributed by atoms with Gasteiger partial charge in [-0.2, -0.15) is 5.10 Å². The Morgan fingerprint density at radius 1 is 1.35 bits per heavy atom. The van der Waals surface area contributed by atoms with Crippen molar-refractivity contribution in [2.24, 2.45) is 7.05 Å². The van der Waals surface area contributed by atoms with Crippen LogP contribution in [-0.4, -0.2) is 19.3 Å². The molecule has 0 saturated heterocycles. The lowest BCUT2D eigenvalue weighted by molar-refractivity contribution is 0.752. The first-order valence-corrected chi connectivity index (χ1v) is 6.25. The summed E-state index contributed by atoms with van der Waals surface area (Å²) in [6.45, 7) is 0. The number of aromatic nitrogens is 4. The number of imidazole rings is 1. The molecule has 3 aromatic rings. The molecule has 86 valence electrons. The Bertz CT molecular complexity index is 752. The normalized spacial score (nSPS) is 11.2. The molecule has 17 heavy (non-hydrogen) atoms. The van der Waals surface area contributed by atoms with Gasteiger partial charge in [0.1, 0.15) is 0 Å². The second kappa shape index (κ2) is 3.82. The molecular formula is C11H9BrN4S. The number of aryl methyl sites for hydroxylation is 1. The molecule has 0 atom stereocenters. The van der Waals surface area contributed by atoms with E-state index < -0.39 is 0 Å². The molecule has 0 fully saturated rings. The lowest BCUT2D eigenvalue weighted by atomic mass is 10.3. The Labute approximate surface area is 111 Å². The van der Waals surface area contributed by atoms with Crippen molar-refractivity contribution in [3.8, 4) is 5.82 Å². The van der Waals surface area contributed by atoms with Crippen LogP contribution in [0.1, 0.15) is 0 Å². The van der Waals surface area contributed by atoms with Gasteiger partial charge >= 0.3 is 0 Å². The quantitative estimate of drug-likeness (QED) is 0.701. The smallest absolute Gasteiger partial charge is 0.184 e. The highest BCUT2D eigenvalue weighted by atomic mass is 79.9. The molecule has 0 aliphatic rings. The van der Waals surface area contributed by atoms with Gasteiger partial charge in [-0.15, -0.1) is 0 Å². The van der Waals surface area contributed by atoms with Crippen molar-refractivity contribution in [1.29, 1.82) is 0 Å². The Hall–Kier alpha value is -1.40. The summed E-state index contributed by atoms with van der Waals surface area (Å²) in [4.78, 5) is 3.17. The van der Waals surface area contributed by atoms with Gasteiger partial charge in [-0.1, -0.05) is 15.9 Å². The zero-order valence-corrected chi connectivity index (χ0v) is 11.4. The highest BCUT2D eigenvalue weighted by Crippen LogP contribution is 2.22.